The maximum Gasteiger partial charge on any atom is 0.260 e. The normalized spacial score (nSPS) is 11.6. The number of ether oxygens (including phenoxy) is 2. The molecule has 134 valence electrons. The zero-order chi connectivity index (χ0) is 18.1. The quantitative estimate of drug-likeness (QED) is 0.691. The molecule has 2 aromatic rings. The first-order valence-corrected chi connectivity index (χ1v) is 9.15. The van der Waals surface area contributed by atoms with E-state index in [2.05, 4.69) is 5.32 Å². The molecule has 0 radical (unpaired) electrons. The number of carbonyl (C=O) groups is 1. The molecule has 1 amide bonds. The number of nitrogens with one attached hydrogen (secondary N) is 1. The minimum absolute atomic E-state index is 0.186. The van der Waals surface area contributed by atoms with E-state index in [1.807, 2.05) is 12.1 Å². The van der Waals surface area contributed by atoms with Crippen LogP contribution in [0.25, 0.3) is 0 Å². The van der Waals surface area contributed by atoms with Crippen LogP contribution < -0.4 is 14.8 Å². The van der Waals surface area contributed by atoms with Gasteiger partial charge in [0.05, 0.1) is 7.11 Å². The molecular weight excluding hydrogens is 341 g/mol. The Bertz CT molecular complexity index is 696. The van der Waals surface area contributed by atoms with E-state index in [4.69, 9.17) is 9.47 Å². The highest BCUT2D eigenvalue weighted by atomic mass is 32.2. The molecule has 0 bridgehead atoms. The number of rotatable bonds is 9. The van der Waals surface area contributed by atoms with Crippen LogP contribution in [0.4, 0.5) is 4.39 Å². The van der Waals surface area contributed by atoms with Crippen LogP contribution in [0.2, 0.25) is 0 Å². The summed E-state index contributed by atoms with van der Waals surface area (Å²) < 4.78 is 24.2. The summed E-state index contributed by atoms with van der Waals surface area (Å²) in [6.45, 7) is 2.20. The molecule has 2 aromatic carbocycles. The molecule has 1 N–H and O–H groups in total. The van der Waals surface area contributed by atoms with Gasteiger partial charge >= 0.3 is 0 Å². The number of methoxy groups -OCH3 is 1. The van der Waals surface area contributed by atoms with Crippen LogP contribution >= 0.6 is 11.8 Å². The van der Waals surface area contributed by atoms with E-state index in [1.54, 1.807) is 56.1 Å². The number of hydrogen-bond donors (Lipinski definition) is 1. The Hall–Kier alpha value is -2.21. The van der Waals surface area contributed by atoms with Crippen molar-refractivity contribution < 1.29 is 18.7 Å². The van der Waals surface area contributed by atoms with E-state index in [-0.39, 0.29) is 11.7 Å². The highest BCUT2D eigenvalue weighted by Crippen LogP contribution is 2.20. The van der Waals surface area contributed by atoms with Crippen LogP contribution in [0.5, 0.6) is 11.5 Å². The lowest BCUT2D eigenvalue weighted by atomic mass is 10.2. The lowest BCUT2D eigenvalue weighted by molar-refractivity contribution is -0.127. The van der Waals surface area contributed by atoms with Gasteiger partial charge in [0, 0.05) is 24.1 Å². The molecule has 0 aliphatic heterocycles. The molecule has 25 heavy (non-hydrogen) atoms. The van der Waals surface area contributed by atoms with Crippen molar-refractivity contribution in [1.82, 2.24) is 5.32 Å². The van der Waals surface area contributed by atoms with Gasteiger partial charge in [0.1, 0.15) is 17.3 Å². The van der Waals surface area contributed by atoms with Crippen molar-refractivity contribution >= 4 is 17.7 Å². The highest BCUT2D eigenvalue weighted by Gasteiger charge is 2.14. The van der Waals surface area contributed by atoms with Crippen molar-refractivity contribution in [2.75, 3.05) is 19.4 Å². The van der Waals surface area contributed by atoms with Gasteiger partial charge in [0.25, 0.3) is 5.91 Å². The molecule has 0 fully saturated rings. The predicted molar refractivity (Wildman–Crippen MR) is 98.7 cm³/mol. The van der Waals surface area contributed by atoms with Gasteiger partial charge in [0.15, 0.2) is 6.10 Å². The van der Waals surface area contributed by atoms with Crippen LogP contribution in [0.3, 0.4) is 0 Å². The van der Waals surface area contributed by atoms with Gasteiger partial charge in [-0.15, -0.1) is 0 Å². The van der Waals surface area contributed by atoms with Crippen molar-refractivity contribution in [3.8, 4) is 11.5 Å². The van der Waals surface area contributed by atoms with E-state index in [9.17, 15) is 9.18 Å². The molecule has 0 saturated heterocycles. The van der Waals surface area contributed by atoms with E-state index in [0.29, 0.717) is 35.1 Å². The Balaban J connectivity index is 1.68. The fourth-order valence-corrected chi connectivity index (χ4v) is 2.96. The van der Waals surface area contributed by atoms with Crippen LogP contribution in [0.1, 0.15) is 12.5 Å². The smallest absolute Gasteiger partial charge is 0.260 e. The van der Waals surface area contributed by atoms with Crippen LogP contribution in [-0.4, -0.2) is 31.4 Å². The number of hydrogen-bond acceptors (Lipinski definition) is 4. The van der Waals surface area contributed by atoms with Gasteiger partial charge in [-0.25, -0.2) is 4.39 Å². The minimum Gasteiger partial charge on any atom is -0.497 e. The van der Waals surface area contributed by atoms with Gasteiger partial charge in [-0.05, 0) is 30.7 Å². The molecule has 2 rings (SSSR count). The Kier molecular flexibility index (Phi) is 7.60. The zero-order valence-corrected chi connectivity index (χ0v) is 15.1. The van der Waals surface area contributed by atoms with Crippen LogP contribution in [-0.2, 0) is 10.5 Å². The SMILES string of the molecule is COc1cccc(O[C@H](C)C(=O)NCCSCc2ccccc2F)c1. The summed E-state index contributed by atoms with van der Waals surface area (Å²) in [7, 11) is 1.58. The molecule has 0 spiro atoms. The molecule has 0 aliphatic carbocycles. The molecule has 0 saturated carbocycles. The van der Waals surface area contributed by atoms with E-state index in [0.717, 1.165) is 0 Å². The van der Waals surface area contributed by atoms with E-state index >= 15 is 0 Å². The number of amides is 1. The summed E-state index contributed by atoms with van der Waals surface area (Å²) in [5.74, 6) is 2.16. The molecular formula is C19H22FNO3S. The fourth-order valence-electron chi connectivity index (χ4n) is 2.12. The molecule has 4 nitrogen and oxygen atoms in total. The van der Waals surface area contributed by atoms with Crippen molar-refractivity contribution in [2.45, 2.75) is 18.8 Å². The van der Waals surface area contributed by atoms with Crippen molar-refractivity contribution in [3.05, 3.63) is 59.9 Å². The average molecular weight is 363 g/mol. The summed E-state index contributed by atoms with van der Waals surface area (Å²) in [6.07, 6.45) is -0.608. The predicted octanol–water partition coefficient (Wildman–Crippen LogP) is 3.65. The van der Waals surface area contributed by atoms with Crippen molar-refractivity contribution in [1.29, 1.82) is 0 Å². The lowest BCUT2D eigenvalue weighted by Crippen LogP contribution is -2.37. The second-order valence-electron chi connectivity index (χ2n) is 5.37. The largest absolute Gasteiger partial charge is 0.497 e. The summed E-state index contributed by atoms with van der Waals surface area (Å²) in [5, 5.41) is 2.82. The Labute approximate surface area is 151 Å². The second-order valence-corrected chi connectivity index (χ2v) is 6.48. The third-order valence-electron chi connectivity index (χ3n) is 3.48. The first kappa shape index (κ1) is 19.1. The number of halogens is 1. The van der Waals surface area contributed by atoms with Crippen LogP contribution in [0.15, 0.2) is 48.5 Å². The van der Waals surface area contributed by atoms with Gasteiger partial charge in [-0.2, -0.15) is 11.8 Å². The van der Waals surface area contributed by atoms with Gasteiger partial charge in [-0.3, -0.25) is 4.79 Å². The third-order valence-corrected chi connectivity index (χ3v) is 4.49. The molecule has 0 unspecified atom stereocenters. The average Bonchev–Trinajstić information content (AvgIpc) is 2.62. The monoisotopic (exact) mass is 363 g/mol. The molecule has 6 heteroatoms. The zero-order valence-electron chi connectivity index (χ0n) is 14.3. The van der Waals surface area contributed by atoms with Gasteiger partial charge in [-0.1, -0.05) is 24.3 Å². The van der Waals surface area contributed by atoms with Crippen LogP contribution in [0, 0.1) is 5.82 Å². The van der Waals surface area contributed by atoms with E-state index < -0.39 is 6.10 Å². The highest BCUT2D eigenvalue weighted by molar-refractivity contribution is 7.98. The Morgan fingerprint density at radius 2 is 1.96 bits per heavy atom. The Morgan fingerprint density at radius 3 is 2.72 bits per heavy atom. The maximum atomic E-state index is 13.5. The summed E-state index contributed by atoms with van der Waals surface area (Å²) >= 11 is 1.57. The summed E-state index contributed by atoms with van der Waals surface area (Å²) in [5.41, 5.74) is 0.675. The van der Waals surface area contributed by atoms with Crippen molar-refractivity contribution in [2.24, 2.45) is 0 Å². The molecule has 0 aromatic heterocycles. The first-order valence-electron chi connectivity index (χ1n) is 7.99. The Morgan fingerprint density at radius 1 is 1.20 bits per heavy atom. The van der Waals surface area contributed by atoms with Crippen molar-refractivity contribution in [3.63, 3.8) is 0 Å². The number of benzene rings is 2. The first-order chi connectivity index (χ1) is 12.1. The minimum atomic E-state index is -0.608. The molecule has 0 heterocycles. The lowest BCUT2D eigenvalue weighted by Gasteiger charge is -2.15. The summed E-state index contributed by atoms with van der Waals surface area (Å²) in [4.78, 5) is 12.1. The van der Waals surface area contributed by atoms with Gasteiger partial charge in [0.2, 0.25) is 0 Å². The third kappa shape index (κ3) is 6.31. The molecule has 1 atom stereocenters. The topological polar surface area (TPSA) is 47.6 Å². The molecule has 0 aliphatic rings. The standard InChI is InChI=1S/C19H22FNO3S/c1-14(24-17-8-5-7-16(12-17)23-2)19(22)21-10-11-25-13-15-6-3-4-9-18(15)20/h3-9,12,14H,10-11,13H2,1-2H3,(H,21,22)/t14-/m1/s1. The number of thioether (sulfide) groups is 1. The fraction of sp³-hybridized carbons (Fsp3) is 0.316. The van der Waals surface area contributed by atoms with Gasteiger partial charge < -0.3 is 14.8 Å². The van der Waals surface area contributed by atoms with E-state index in [1.165, 1.54) is 6.07 Å². The maximum absolute atomic E-state index is 13.5. The second kappa shape index (κ2) is 9.93. The summed E-state index contributed by atoms with van der Waals surface area (Å²) in [6, 6.07) is 13.8. The number of carbonyl (C=O) groups excluding carboxylic acids is 1.